The van der Waals surface area contributed by atoms with Crippen molar-refractivity contribution in [3.63, 3.8) is 0 Å². The lowest BCUT2D eigenvalue weighted by Gasteiger charge is -2.36. The molecule has 4 aromatic rings. The maximum atomic E-state index is 15.2. The summed E-state index contributed by atoms with van der Waals surface area (Å²) in [5.74, 6) is -3.74. The third-order valence-corrected chi connectivity index (χ3v) is 8.49. The van der Waals surface area contributed by atoms with Crippen LogP contribution in [0.2, 0.25) is 0 Å². The molecule has 1 unspecified atom stereocenters. The third kappa shape index (κ3) is 3.42. The van der Waals surface area contributed by atoms with Gasteiger partial charge in [-0.15, -0.1) is 0 Å². The molecule has 2 aliphatic heterocycles. The number of carbonyl (C=O) groups excluding carboxylic acids is 4. The molecule has 1 N–H and O–H groups in total. The van der Waals surface area contributed by atoms with Gasteiger partial charge in [0.2, 0.25) is 0 Å². The number of Topliss-reactive ketones (excluding diaryl/α,β-unsaturated/α-hetero) is 2. The smallest absolute Gasteiger partial charge is 0.300 e. The molecule has 0 bridgehead atoms. The molecule has 7 nitrogen and oxygen atoms in total. The van der Waals surface area contributed by atoms with Crippen LogP contribution in [0.1, 0.15) is 38.2 Å². The highest BCUT2D eigenvalue weighted by molar-refractivity contribution is 6.58. The molecule has 1 fully saturated rings. The molecule has 2 heterocycles. The van der Waals surface area contributed by atoms with Crippen molar-refractivity contribution < 1.29 is 24.3 Å². The van der Waals surface area contributed by atoms with Crippen LogP contribution < -0.4 is 9.80 Å². The SMILES string of the molecule is Cc1ccc(N2C(=O)C(=O)/C(=C(\O)c3ccc(C)cc3C)C23C(=O)N(c2ccccc2)C2=C3C(=O)c3ccccc32)cc1. The van der Waals surface area contributed by atoms with Gasteiger partial charge >= 0.3 is 5.91 Å². The van der Waals surface area contributed by atoms with Gasteiger partial charge in [-0.3, -0.25) is 29.0 Å². The van der Waals surface area contributed by atoms with E-state index < -0.39 is 40.3 Å². The number of aryl methyl sites for hydroxylation is 3. The minimum absolute atomic E-state index is 0.0337. The second-order valence-electron chi connectivity index (χ2n) is 11.1. The van der Waals surface area contributed by atoms with Crippen molar-refractivity contribution >= 4 is 46.2 Å². The van der Waals surface area contributed by atoms with Crippen molar-refractivity contribution in [3.8, 4) is 0 Å². The molecule has 2 amide bonds. The molecule has 1 atom stereocenters. The van der Waals surface area contributed by atoms with E-state index in [1.54, 1.807) is 97.9 Å². The number of para-hydroxylation sites is 1. The fourth-order valence-electron chi connectivity index (χ4n) is 6.60. The lowest BCUT2D eigenvalue weighted by Crippen LogP contribution is -2.57. The zero-order valence-corrected chi connectivity index (χ0v) is 23.7. The second kappa shape index (κ2) is 9.22. The van der Waals surface area contributed by atoms with Crippen LogP contribution in [0.3, 0.4) is 0 Å². The van der Waals surface area contributed by atoms with Crippen molar-refractivity contribution in [2.75, 3.05) is 9.80 Å². The Hall–Kier alpha value is -5.56. The summed E-state index contributed by atoms with van der Waals surface area (Å²) in [7, 11) is 0. The van der Waals surface area contributed by atoms with Gasteiger partial charge in [-0.2, -0.15) is 0 Å². The topological polar surface area (TPSA) is 95.0 Å². The minimum Gasteiger partial charge on any atom is -0.507 e. The minimum atomic E-state index is -2.26. The van der Waals surface area contributed by atoms with E-state index in [9.17, 15) is 19.5 Å². The molecule has 3 aliphatic rings. The highest BCUT2D eigenvalue weighted by atomic mass is 16.3. The van der Waals surface area contributed by atoms with E-state index in [2.05, 4.69) is 0 Å². The number of amides is 2. The number of nitrogens with zero attached hydrogens (tertiary/aromatic N) is 2. The normalized spacial score (nSPS) is 20.4. The molecule has 7 heteroatoms. The van der Waals surface area contributed by atoms with Crippen LogP contribution in [-0.2, 0) is 14.4 Å². The Morgan fingerprint density at radius 1 is 0.674 bits per heavy atom. The summed E-state index contributed by atoms with van der Waals surface area (Å²) in [5, 5.41) is 12.0. The van der Waals surface area contributed by atoms with Gasteiger partial charge in [-0.05, 0) is 50.6 Å². The van der Waals surface area contributed by atoms with Crippen LogP contribution in [-0.4, -0.2) is 34.0 Å². The summed E-state index contributed by atoms with van der Waals surface area (Å²) in [6.45, 7) is 5.55. The molecule has 7 rings (SSSR count). The monoisotopic (exact) mass is 566 g/mol. The zero-order valence-electron chi connectivity index (χ0n) is 23.7. The van der Waals surface area contributed by atoms with Gasteiger partial charge in [0.15, 0.2) is 11.3 Å². The molecule has 0 saturated carbocycles. The van der Waals surface area contributed by atoms with E-state index in [1.165, 1.54) is 4.90 Å². The lowest BCUT2D eigenvalue weighted by molar-refractivity contribution is -0.132. The predicted molar refractivity (Wildman–Crippen MR) is 163 cm³/mol. The number of anilines is 2. The Balaban J connectivity index is 1.64. The van der Waals surface area contributed by atoms with Crippen LogP contribution in [0.4, 0.5) is 11.4 Å². The summed E-state index contributed by atoms with van der Waals surface area (Å²) in [6, 6.07) is 27.8. The number of carbonyl (C=O) groups is 4. The number of fused-ring (bicyclic) bond motifs is 3. The van der Waals surface area contributed by atoms with Crippen LogP contribution in [0, 0.1) is 20.8 Å². The average molecular weight is 567 g/mol. The molecular weight excluding hydrogens is 540 g/mol. The number of hydrogen-bond acceptors (Lipinski definition) is 5. The molecule has 1 aliphatic carbocycles. The van der Waals surface area contributed by atoms with Gasteiger partial charge < -0.3 is 5.11 Å². The molecule has 0 aromatic heterocycles. The quantitative estimate of drug-likeness (QED) is 0.190. The summed E-state index contributed by atoms with van der Waals surface area (Å²) < 4.78 is 0. The van der Waals surface area contributed by atoms with Gasteiger partial charge in [0.25, 0.3) is 11.7 Å². The Morgan fingerprint density at radius 3 is 1.98 bits per heavy atom. The number of aliphatic hydroxyl groups excluding tert-OH is 1. The first kappa shape index (κ1) is 26.3. The number of ketones is 2. The van der Waals surface area contributed by atoms with Gasteiger partial charge in [-0.25, -0.2) is 0 Å². The highest BCUT2D eigenvalue weighted by Gasteiger charge is 2.71. The van der Waals surface area contributed by atoms with Gasteiger partial charge in [0, 0.05) is 28.1 Å². The first-order chi connectivity index (χ1) is 20.7. The second-order valence-corrected chi connectivity index (χ2v) is 11.1. The van der Waals surface area contributed by atoms with E-state index in [1.807, 2.05) is 19.9 Å². The zero-order chi connectivity index (χ0) is 30.2. The van der Waals surface area contributed by atoms with E-state index in [0.717, 1.165) is 16.0 Å². The standard InChI is InChI=1S/C36H26N2O5/c1-20-13-16-24(17-14-20)38-34(42)33(41)29(31(39)25-18-15-21(2)19-22(25)3)36(38)28-30(26-11-7-8-12-27(26)32(28)40)37(35(36)43)23-9-5-4-6-10-23/h4-19,39H,1-3H3/b31-29+. The van der Waals surface area contributed by atoms with Crippen LogP contribution in [0.25, 0.3) is 11.5 Å². The maximum Gasteiger partial charge on any atom is 0.300 e. The number of benzene rings is 4. The molecular formula is C36H26N2O5. The Bertz CT molecular complexity index is 1990. The van der Waals surface area contributed by atoms with Gasteiger partial charge in [0.1, 0.15) is 5.76 Å². The third-order valence-electron chi connectivity index (χ3n) is 8.49. The number of rotatable bonds is 3. The van der Waals surface area contributed by atoms with Crippen molar-refractivity contribution in [1.82, 2.24) is 0 Å². The fourth-order valence-corrected chi connectivity index (χ4v) is 6.60. The fraction of sp³-hybridized carbons (Fsp3) is 0.111. The molecule has 4 aromatic carbocycles. The van der Waals surface area contributed by atoms with Gasteiger partial charge in [-0.1, -0.05) is 83.9 Å². The van der Waals surface area contributed by atoms with Crippen LogP contribution >= 0.6 is 0 Å². The van der Waals surface area contributed by atoms with E-state index in [-0.39, 0.29) is 11.3 Å². The van der Waals surface area contributed by atoms with E-state index in [0.29, 0.717) is 33.6 Å². The maximum absolute atomic E-state index is 15.2. The molecule has 210 valence electrons. The van der Waals surface area contributed by atoms with E-state index in [4.69, 9.17) is 0 Å². The number of hydrogen-bond donors (Lipinski definition) is 1. The lowest BCUT2D eigenvalue weighted by atomic mass is 9.79. The first-order valence-corrected chi connectivity index (χ1v) is 13.9. The van der Waals surface area contributed by atoms with E-state index >= 15 is 4.79 Å². The number of aliphatic hydroxyl groups is 1. The molecule has 1 spiro atoms. The molecule has 1 saturated heterocycles. The first-order valence-electron chi connectivity index (χ1n) is 13.9. The van der Waals surface area contributed by atoms with Gasteiger partial charge in [0.05, 0.1) is 16.8 Å². The Labute approximate surface area is 248 Å². The van der Waals surface area contributed by atoms with Crippen molar-refractivity contribution in [1.29, 1.82) is 0 Å². The Kier molecular flexibility index (Phi) is 5.65. The van der Waals surface area contributed by atoms with Crippen molar-refractivity contribution in [3.05, 3.63) is 142 Å². The average Bonchev–Trinajstić information content (AvgIpc) is 3.53. The predicted octanol–water partition coefficient (Wildman–Crippen LogP) is 5.89. The Morgan fingerprint density at radius 2 is 1.30 bits per heavy atom. The highest BCUT2D eigenvalue weighted by Crippen LogP contribution is 2.57. The summed E-state index contributed by atoms with van der Waals surface area (Å²) >= 11 is 0. The van der Waals surface area contributed by atoms with Crippen molar-refractivity contribution in [2.45, 2.75) is 26.3 Å². The van der Waals surface area contributed by atoms with Crippen LogP contribution in [0.5, 0.6) is 0 Å². The summed E-state index contributed by atoms with van der Waals surface area (Å²) in [4.78, 5) is 60.4. The van der Waals surface area contributed by atoms with Crippen molar-refractivity contribution in [2.24, 2.45) is 0 Å². The molecule has 43 heavy (non-hydrogen) atoms. The van der Waals surface area contributed by atoms with Crippen LogP contribution in [0.15, 0.2) is 108 Å². The molecule has 0 radical (unpaired) electrons. The largest absolute Gasteiger partial charge is 0.507 e. The summed E-state index contributed by atoms with van der Waals surface area (Å²) in [6.07, 6.45) is 0. The summed E-state index contributed by atoms with van der Waals surface area (Å²) in [5.41, 5.74) is 1.93.